The van der Waals surface area contributed by atoms with Gasteiger partial charge in [0.1, 0.15) is 0 Å². The first kappa shape index (κ1) is 13.5. The van der Waals surface area contributed by atoms with Crippen molar-refractivity contribution >= 4 is 11.8 Å². The number of halogens is 2. The molecule has 0 bridgehead atoms. The van der Waals surface area contributed by atoms with Crippen LogP contribution in [0.5, 0.6) is 0 Å². The van der Waals surface area contributed by atoms with Crippen LogP contribution in [0.4, 0.5) is 8.78 Å². The molecule has 0 aliphatic heterocycles. The fourth-order valence-electron chi connectivity index (χ4n) is 1.45. The van der Waals surface area contributed by atoms with E-state index in [0.29, 0.717) is 0 Å². The molecule has 92 valence electrons. The zero-order valence-electron chi connectivity index (χ0n) is 9.96. The third-order valence-electron chi connectivity index (χ3n) is 2.50. The van der Waals surface area contributed by atoms with E-state index in [9.17, 15) is 8.78 Å². The van der Waals surface area contributed by atoms with Gasteiger partial charge in [0.25, 0.3) is 0 Å². The molecule has 0 spiro atoms. The topological polar surface area (TPSA) is 17.8 Å². The Morgan fingerprint density at radius 1 is 1.38 bits per heavy atom. The molecule has 0 saturated carbocycles. The van der Waals surface area contributed by atoms with Crippen LogP contribution in [-0.4, -0.2) is 21.7 Å². The Balaban J connectivity index is 2.77. The van der Waals surface area contributed by atoms with Gasteiger partial charge in [-0.05, 0) is 20.3 Å². The average molecular weight is 248 g/mol. The van der Waals surface area contributed by atoms with Gasteiger partial charge in [-0.3, -0.25) is 0 Å². The molecule has 1 aromatic rings. The first-order valence-electron chi connectivity index (χ1n) is 5.51. The van der Waals surface area contributed by atoms with Gasteiger partial charge in [-0.2, -0.15) is 0 Å². The van der Waals surface area contributed by atoms with Crippen LogP contribution in [0.3, 0.4) is 0 Å². The van der Waals surface area contributed by atoms with Gasteiger partial charge in [-0.25, -0.2) is 13.8 Å². The SMILES string of the molecule is CCCCn1c(SCC(F)F)nc(C)c1C. The maximum Gasteiger partial charge on any atom is 0.248 e. The van der Waals surface area contributed by atoms with Gasteiger partial charge in [-0.1, -0.05) is 25.1 Å². The average Bonchev–Trinajstić information content (AvgIpc) is 2.50. The van der Waals surface area contributed by atoms with Crippen molar-refractivity contribution < 1.29 is 8.78 Å². The molecule has 0 aromatic carbocycles. The van der Waals surface area contributed by atoms with Gasteiger partial charge < -0.3 is 4.57 Å². The molecule has 0 radical (unpaired) electrons. The normalized spacial score (nSPS) is 11.4. The summed E-state index contributed by atoms with van der Waals surface area (Å²) < 4.78 is 26.4. The largest absolute Gasteiger partial charge is 0.323 e. The molecule has 1 aromatic heterocycles. The van der Waals surface area contributed by atoms with Gasteiger partial charge in [0.2, 0.25) is 6.43 Å². The Kier molecular flexibility index (Phi) is 5.25. The Morgan fingerprint density at radius 3 is 2.62 bits per heavy atom. The van der Waals surface area contributed by atoms with Crippen molar-refractivity contribution in [3.05, 3.63) is 11.4 Å². The Labute approximate surface area is 99.4 Å². The molecule has 0 saturated heterocycles. The standard InChI is InChI=1S/C11H18F2N2S/c1-4-5-6-15-9(3)8(2)14-11(15)16-7-10(12)13/h10H,4-7H2,1-3H3. The molecular formula is C11H18F2N2S. The number of alkyl halides is 2. The van der Waals surface area contributed by atoms with E-state index in [0.717, 1.165) is 47.7 Å². The number of aromatic nitrogens is 2. The van der Waals surface area contributed by atoms with E-state index in [4.69, 9.17) is 0 Å². The lowest BCUT2D eigenvalue weighted by atomic mass is 10.3. The summed E-state index contributed by atoms with van der Waals surface area (Å²) in [4.78, 5) is 4.33. The summed E-state index contributed by atoms with van der Waals surface area (Å²) in [6.07, 6.45) is -0.129. The van der Waals surface area contributed by atoms with Crippen LogP contribution in [0.1, 0.15) is 31.2 Å². The van der Waals surface area contributed by atoms with Crippen molar-refractivity contribution in [2.75, 3.05) is 5.75 Å². The van der Waals surface area contributed by atoms with Crippen molar-refractivity contribution in [1.82, 2.24) is 9.55 Å². The highest BCUT2D eigenvalue weighted by Gasteiger charge is 2.13. The van der Waals surface area contributed by atoms with E-state index in [1.54, 1.807) is 0 Å². The third-order valence-corrected chi connectivity index (χ3v) is 3.48. The molecule has 0 atom stereocenters. The summed E-state index contributed by atoms with van der Waals surface area (Å²) in [7, 11) is 0. The van der Waals surface area contributed by atoms with E-state index < -0.39 is 6.43 Å². The second-order valence-electron chi connectivity index (χ2n) is 3.77. The molecule has 1 heterocycles. The fraction of sp³-hybridized carbons (Fsp3) is 0.727. The molecule has 1 rings (SSSR count). The summed E-state index contributed by atoms with van der Waals surface area (Å²) in [6, 6.07) is 0. The smallest absolute Gasteiger partial charge is 0.248 e. The fourth-order valence-corrected chi connectivity index (χ4v) is 2.31. The van der Waals surface area contributed by atoms with Crippen LogP contribution in [0.25, 0.3) is 0 Å². The van der Waals surface area contributed by atoms with E-state index in [-0.39, 0.29) is 5.75 Å². The lowest BCUT2D eigenvalue weighted by molar-refractivity contribution is 0.176. The number of hydrogen-bond donors (Lipinski definition) is 0. The number of nitrogens with zero attached hydrogens (tertiary/aromatic N) is 2. The summed E-state index contributed by atoms with van der Waals surface area (Å²) in [5, 5.41) is 0.726. The number of rotatable bonds is 6. The number of imidazole rings is 1. The molecule has 16 heavy (non-hydrogen) atoms. The van der Waals surface area contributed by atoms with E-state index in [1.165, 1.54) is 0 Å². The highest BCUT2D eigenvalue weighted by Crippen LogP contribution is 2.23. The number of thioether (sulfide) groups is 1. The summed E-state index contributed by atoms with van der Waals surface area (Å²) in [6.45, 7) is 6.90. The number of hydrogen-bond acceptors (Lipinski definition) is 2. The molecule has 0 N–H and O–H groups in total. The van der Waals surface area contributed by atoms with Crippen molar-refractivity contribution in [2.45, 2.75) is 51.7 Å². The zero-order chi connectivity index (χ0) is 12.1. The lowest BCUT2D eigenvalue weighted by Crippen LogP contribution is -2.04. The van der Waals surface area contributed by atoms with Gasteiger partial charge in [0.05, 0.1) is 11.4 Å². The van der Waals surface area contributed by atoms with Crippen LogP contribution in [0.2, 0.25) is 0 Å². The van der Waals surface area contributed by atoms with E-state index in [1.807, 2.05) is 18.4 Å². The Bertz CT molecular complexity index is 337. The predicted molar refractivity (Wildman–Crippen MR) is 63.3 cm³/mol. The van der Waals surface area contributed by atoms with Gasteiger partial charge in [-0.15, -0.1) is 0 Å². The Hall–Kier alpha value is -0.580. The van der Waals surface area contributed by atoms with Crippen molar-refractivity contribution in [1.29, 1.82) is 0 Å². The molecule has 0 unspecified atom stereocenters. The monoisotopic (exact) mass is 248 g/mol. The first-order chi connectivity index (χ1) is 7.56. The summed E-state index contributed by atoms with van der Waals surface area (Å²) in [5.41, 5.74) is 2.03. The highest BCUT2D eigenvalue weighted by molar-refractivity contribution is 7.99. The number of aryl methyl sites for hydroxylation is 1. The molecule has 0 aliphatic carbocycles. The maximum absolute atomic E-state index is 12.2. The molecule has 5 heteroatoms. The molecule has 0 fully saturated rings. The van der Waals surface area contributed by atoms with Crippen molar-refractivity contribution in [2.24, 2.45) is 0 Å². The van der Waals surface area contributed by atoms with Gasteiger partial charge in [0.15, 0.2) is 5.16 Å². The predicted octanol–water partition coefficient (Wildman–Crippen LogP) is 3.66. The second-order valence-corrected chi connectivity index (χ2v) is 4.76. The van der Waals surface area contributed by atoms with Gasteiger partial charge >= 0.3 is 0 Å². The van der Waals surface area contributed by atoms with E-state index in [2.05, 4.69) is 11.9 Å². The van der Waals surface area contributed by atoms with Crippen molar-refractivity contribution in [3.8, 4) is 0 Å². The Morgan fingerprint density at radius 2 is 2.06 bits per heavy atom. The minimum absolute atomic E-state index is 0.179. The molecule has 0 amide bonds. The summed E-state index contributed by atoms with van der Waals surface area (Å²) in [5.74, 6) is -0.179. The second kappa shape index (κ2) is 6.23. The zero-order valence-corrected chi connectivity index (χ0v) is 10.8. The summed E-state index contributed by atoms with van der Waals surface area (Å²) >= 11 is 1.14. The minimum Gasteiger partial charge on any atom is -0.323 e. The first-order valence-corrected chi connectivity index (χ1v) is 6.49. The quantitative estimate of drug-likeness (QED) is 0.715. The molecule has 0 aliphatic rings. The van der Waals surface area contributed by atoms with Crippen LogP contribution in [0.15, 0.2) is 5.16 Å². The lowest BCUT2D eigenvalue weighted by Gasteiger charge is -2.08. The maximum atomic E-state index is 12.2. The minimum atomic E-state index is -2.28. The number of unbranched alkanes of at least 4 members (excludes halogenated alkanes) is 1. The van der Waals surface area contributed by atoms with Crippen LogP contribution in [0, 0.1) is 13.8 Å². The van der Waals surface area contributed by atoms with Crippen LogP contribution < -0.4 is 0 Å². The third kappa shape index (κ3) is 3.47. The van der Waals surface area contributed by atoms with E-state index >= 15 is 0 Å². The van der Waals surface area contributed by atoms with Crippen molar-refractivity contribution in [3.63, 3.8) is 0 Å². The van der Waals surface area contributed by atoms with Gasteiger partial charge in [0, 0.05) is 12.2 Å². The molecular weight excluding hydrogens is 230 g/mol. The molecule has 2 nitrogen and oxygen atoms in total. The van der Waals surface area contributed by atoms with Crippen LogP contribution in [-0.2, 0) is 6.54 Å². The van der Waals surface area contributed by atoms with Crippen LogP contribution >= 0.6 is 11.8 Å². The highest BCUT2D eigenvalue weighted by atomic mass is 32.2.